The van der Waals surface area contributed by atoms with Gasteiger partial charge in [0.2, 0.25) is 5.11 Å². The fraction of sp³-hybridized carbons (Fsp3) is 0.263. The highest BCUT2D eigenvalue weighted by Crippen LogP contribution is 2.28. The lowest BCUT2D eigenvalue weighted by molar-refractivity contribution is -0.500. The van der Waals surface area contributed by atoms with Gasteiger partial charge in [0, 0.05) is 12.1 Å². The Kier molecular flexibility index (Phi) is 7.82. The summed E-state index contributed by atoms with van der Waals surface area (Å²) >= 11 is 5.07. The van der Waals surface area contributed by atoms with Gasteiger partial charge < -0.3 is 14.8 Å². The van der Waals surface area contributed by atoms with Crippen molar-refractivity contribution in [1.82, 2.24) is 10.7 Å². The molecule has 5 nitrogen and oxygen atoms in total. The van der Waals surface area contributed by atoms with E-state index in [0.29, 0.717) is 29.8 Å². The second kappa shape index (κ2) is 10.4. The van der Waals surface area contributed by atoms with E-state index in [-0.39, 0.29) is 5.82 Å². The first-order valence-electron chi connectivity index (χ1n) is 8.39. The van der Waals surface area contributed by atoms with E-state index in [0.717, 1.165) is 17.7 Å². The van der Waals surface area contributed by atoms with Gasteiger partial charge in [0.1, 0.15) is 12.4 Å². The van der Waals surface area contributed by atoms with Crippen LogP contribution in [0.4, 0.5) is 4.39 Å². The Labute approximate surface area is 158 Å². The van der Waals surface area contributed by atoms with Crippen LogP contribution in [0, 0.1) is 5.82 Å². The molecule has 7 heteroatoms. The van der Waals surface area contributed by atoms with Gasteiger partial charge in [0.05, 0.1) is 6.61 Å². The number of hydrogen-bond acceptors (Lipinski definition) is 3. The van der Waals surface area contributed by atoms with E-state index in [9.17, 15) is 4.39 Å². The van der Waals surface area contributed by atoms with Crippen molar-refractivity contribution in [2.24, 2.45) is 0 Å². The summed E-state index contributed by atoms with van der Waals surface area (Å²) in [5, 5.41) is 6.43. The van der Waals surface area contributed by atoms with Crippen LogP contribution in [0.3, 0.4) is 0 Å². The molecule has 0 aliphatic heterocycles. The molecule has 0 heterocycles. The summed E-state index contributed by atoms with van der Waals surface area (Å²) in [6.07, 6.45) is 1.77. The number of hydrazine groups is 1. The molecule has 0 saturated carbocycles. The molecule has 2 aromatic rings. The SMILES string of the molecule is CCNC(=S)N[NH+]=Cc1ccc(OCc2ccc(F)cc2)c(OCC)c1. The molecule has 0 atom stereocenters. The van der Waals surface area contributed by atoms with Crippen LogP contribution >= 0.6 is 12.2 Å². The highest BCUT2D eigenvalue weighted by Gasteiger charge is 2.08. The highest BCUT2D eigenvalue weighted by atomic mass is 32.1. The van der Waals surface area contributed by atoms with Crippen molar-refractivity contribution in [1.29, 1.82) is 0 Å². The number of benzene rings is 2. The summed E-state index contributed by atoms with van der Waals surface area (Å²) in [6, 6.07) is 11.8. The summed E-state index contributed by atoms with van der Waals surface area (Å²) in [5.41, 5.74) is 4.64. The average molecular weight is 376 g/mol. The zero-order valence-corrected chi connectivity index (χ0v) is 15.7. The van der Waals surface area contributed by atoms with Gasteiger partial charge in [0.25, 0.3) is 0 Å². The second-order valence-electron chi connectivity index (χ2n) is 5.33. The van der Waals surface area contributed by atoms with Crippen LogP contribution in [0.15, 0.2) is 42.5 Å². The van der Waals surface area contributed by atoms with Crippen LogP contribution in [-0.4, -0.2) is 24.5 Å². The van der Waals surface area contributed by atoms with Crippen molar-refractivity contribution >= 4 is 23.5 Å². The quantitative estimate of drug-likeness (QED) is 0.372. The molecule has 0 aliphatic rings. The molecule has 0 amide bonds. The van der Waals surface area contributed by atoms with Crippen molar-refractivity contribution in [3.8, 4) is 11.5 Å². The maximum absolute atomic E-state index is 13.0. The molecule has 3 N–H and O–H groups in total. The topological polar surface area (TPSA) is 56.5 Å². The smallest absolute Gasteiger partial charge is 0.223 e. The van der Waals surface area contributed by atoms with Crippen LogP contribution in [0.2, 0.25) is 0 Å². The fourth-order valence-electron chi connectivity index (χ4n) is 2.13. The standard InChI is InChI=1S/C19H22FN3O2S/c1-3-21-19(26)23-22-12-15-7-10-17(18(11-15)24-4-2)25-13-14-5-8-16(20)9-6-14/h5-12H,3-4,13H2,1-2H3,(H2,21,23,26)/p+1. The summed E-state index contributed by atoms with van der Waals surface area (Å²) in [6.45, 7) is 5.49. The van der Waals surface area contributed by atoms with Gasteiger partial charge in [-0.2, -0.15) is 0 Å². The van der Waals surface area contributed by atoms with Crippen LogP contribution in [0.5, 0.6) is 11.5 Å². The first-order chi connectivity index (χ1) is 12.6. The zero-order valence-electron chi connectivity index (χ0n) is 14.8. The molecule has 0 unspecified atom stereocenters. The van der Waals surface area contributed by atoms with Gasteiger partial charge in [-0.15, -0.1) is 10.5 Å². The van der Waals surface area contributed by atoms with E-state index in [1.54, 1.807) is 18.3 Å². The van der Waals surface area contributed by atoms with E-state index in [2.05, 4.69) is 15.8 Å². The molecule has 2 rings (SSSR count). The van der Waals surface area contributed by atoms with Crippen molar-refractivity contribution in [2.75, 3.05) is 13.2 Å². The third-order valence-corrected chi connectivity index (χ3v) is 3.58. The minimum absolute atomic E-state index is 0.265. The molecule has 26 heavy (non-hydrogen) atoms. The van der Waals surface area contributed by atoms with E-state index < -0.39 is 0 Å². The summed E-state index contributed by atoms with van der Waals surface area (Å²) in [4.78, 5) is 0. The average Bonchev–Trinajstić information content (AvgIpc) is 2.63. The zero-order chi connectivity index (χ0) is 18.8. The Balaban J connectivity index is 2.03. The lowest BCUT2D eigenvalue weighted by Crippen LogP contribution is -2.82. The maximum Gasteiger partial charge on any atom is 0.223 e. The van der Waals surface area contributed by atoms with E-state index >= 15 is 0 Å². The fourth-order valence-corrected chi connectivity index (χ4v) is 2.34. The molecule has 0 spiro atoms. The van der Waals surface area contributed by atoms with Gasteiger partial charge in [0.15, 0.2) is 17.7 Å². The van der Waals surface area contributed by atoms with Gasteiger partial charge in [-0.05, 0) is 62.0 Å². The Bertz CT molecular complexity index is 751. The molecule has 0 fully saturated rings. The first-order valence-corrected chi connectivity index (χ1v) is 8.80. The molecule has 2 aromatic carbocycles. The number of hydrogen-bond donors (Lipinski definition) is 3. The molecule has 0 radical (unpaired) electrons. The summed E-state index contributed by atoms with van der Waals surface area (Å²) < 4.78 is 24.4. The molecule has 0 aromatic heterocycles. The Morgan fingerprint density at radius 3 is 2.58 bits per heavy atom. The van der Waals surface area contributed by atoms with Crippen LogP contribution in [0.25, 0.3) is 0 Å². The molecular weight excluding hydrogens is 353 g/mol. The third-order valence-electron chi connectivity index (χ3n) is 3.34. The minimum Gasteiger partial charge on any atom is -0.490 e. The third kappa shape index (κ3) is 6.33. The van der Waals surface area contributed by atoms with Crippen molar-refractivity contribution in [3.63, 3.8) is 0 Å². The number of halogens is 1. The Morgan fingerprint density at radius 1 is 1.12 bits per heavy atom. The van der Waals surface area contributed by atoms with E-state index in [4.69, 9.17) is 21.7 Å². The van der Waals surface area contributed by atoms with Gasteiger partial charge in [-0.25, -0.2) is 4.39 Å². The van der Waals surface area contributed by atoms with E-state index in [1.807, 2.05) is 32.0 Å². The number of thiocarbonyl (C=S) groups is 1. The molecule has 0 aliphatic carbocycles. The number of rotatable bonds is 8. The highest BCUT2D eigenvalue weighted by molar-refractivity contribution is 7.80. The monoisotopic (exact) mass is 376 g/mol. The normalized spacial score (nSPS) is 10.6. The Hall–Kier alpha value is -2.67. The first kappa shape index (κ1) is 19.7. The van der Waals surface area contributed by atoms with Crippen molar-refractivity contribution in [3.05, 3.63) is 59.4 Å². The van der Waals surface area contributed by atoms with Crippen LogP contribution in [-0.2, 0) is 6.61 Å². The molecule has 138 valence electrons. The largest absolute Gasteiger partial charge is 0.490 e. The van der Waals surface area contributed by atoms with Crippen LogP contribution < -0.4 is 25.3 Å². The predicted octanol–water partition coefficient (Wildman–Crippen LogP) is 1.70. The number of ether oxygens (including phenoxy) is 2. The number of hydrazone groups is 1. The maximum atomic E-state index is 13.0. The molecule has 0 saturated heterocycles. The lowest BCUT2D eigenvalue weighted by atomic mass is 10.2. The van der Waals surface area contributed by atoms with Gasteiger partial charge in [-0.1, -0.05) is 12.1 Å². The second-order valence-corrected chi connectivity index (χ2v) is 5.74. The Morgan fingerprint density at radius 2 is 1.88 bits per heavy atom. The molecule has 0 bridgehead atoms. The van der Waals surface area contributed by atoms with Gasteiger partial charge >= 0.3 is 0 Å². The van der Waals surface area contributed by atoms with Crippen molar-refractivity contribution < 1.29 is 19.0 Å². The predicted molar refractivity (Wildman–Crippen MR) is 104 cm³/mol. The van der Waals surface area contributed by atoms with Crippen molar-refractivity contribution in [2.45, 2.75) is 20.5 Å². The molecular formula is C19H23FN3O2S+. The summed E-state index contributed by atoms with van der Waals surface area (Å²) in [7, 11) is 0. The van der Waals surface area contributed by atoms with Gasteiger partial charge in [-0.3, -0.25) is 0 Å². The minimum atomic E-state index is -0.265. The lowest BCUT2D eigenvalue weighted by Gasteiger charge is -2.12. The van der Waals surface area contributed by atoms with Crippen LogP contribution in [0.1, 0.15) is 25.0 Å². The summed E-state index contributed by atoms with van der Waals surface area (Å²) in [5.74, 6) is 1.00. The van der Waals surface area contributed by atoms with E-state index in [1.165, 1.54) is 12.1 Å². The number of nitrogens with one attached hydrogen (secondary N) is 3.